The fourth-order valence-corrected chi connectivity index (χ4v) is 2.71. The van der Waals surface area contributed by atoms with Crippen LogP contribution in [0.15, 0.2) is 72.8 Å². The van der Waals surface area contributed by atoms with Gasteiger partial charge < -0.3 is 10.1 Å². The number of benzene rings is 3. The van der Waals surface area contributed by atoms with Crippen LogP contribution in [0, 0.1) is 10.1 Å². The predicted octanol–water partition coefficient (Wildman–Crippen LogP) is 4.86. The second kappa shape index (κ2) is 8.99. The Bertz CT molecular complexity index is 1050. The number of nitro groups is 1. The molecule has 0 saturated carbocycles. The largest absolute Gasteiger partial charge is 0.457 e. The van der Waals surface area contributed by atoms with E-state index in [0.717, 1.165) is 6.07 Å². The lowest BCUT2D eigenvalue weighted by molar-refractivity contribution is -0.385. The number of hydrogen-bond acceptors (Lipinski definition) is 5. The fraction of sp³-hybridized carbons (Fsp3) is 0.0476. The van der Waals surface area contributed by atoms with Crippen molar-refractivity contribution in [2.75, 3.05) is 5.32 Å². The van der Waals surface area contributed by atoms with Crippen molar-refractivity contribution >= 4 is 34.9 Å². The van der Waals surface area contributed by atoms with Gasteiger partial charge >= 0.3 is 5.97 Å². The molecule has 0 spiro atoms. The van der Waals surface area contributed by atoms with Crippen LogP contribution >= 0.6 is 11.6 Å². The molecule has 0 aliphatic rings. The van der Waals surface area contributed by atoms with Crippen LogP contribution in [0.3, 0.4) is 0 Å². The predicted molar refractivity (Wildman–Crippen MR) is 108 cm³/mol. The number of amides is 1. The molecular formula is C21H15ClN2O5. The summed E-state index contributed by atoms with van der Waals surface area (Å²) in [5.41, 5.74) is 1.14. The minimum atomic E-state index is -0.856. The molecule has 0 atom stereocenters. The molecule has 1 N–H and O–H groups in total. The first kappa shape index (κ1) is 20.0. The Labute approximate surface area is 171 Å². The average Bonchev–Trinajstić information content (AvgIpc) is 2.72. The lowest BCUT2D eigenvalue weighted by Gasteiger charge is -2.08. The van der Waals surface area contributed by atoms with Gasteiger partial charge in [-0.1, -0.05) is 41.9 Å². The number of esters is 1. The maximum absolute atomic E-state index is 12.2. The summed E-state index contributed by atoms with van der Waals surface area (Å²) in [5, 5.41) is 14.0. The summed E-state index contributed by atoms with van der Waals surface area (Å²) in [6.45, 7) is -0.108. The van der Waals surface area contributed by atoms with Gasteiger partial charge in [-0.25, -0.2) is 4.79 Å². The van der Waals surface area contributed by atoms with Crippen molar-refractivity contribution in [3.8, 4) is 0 Å². The van der Waals surface area contributed by atoms with Crippen molar-refractivity contribution in [2.24, 2.45) is 0 Å². The van der Waals surface area contributed by atoms with E-state index in [2.05, 4.69) is 5.32 Å². The molecule has 0 unspecified atom stereocenters. The maximum atomic E-state index is 12.2. The molecule has 3 rings (SSSR count). The molecule has 1 amide bonds. The van der Waals surface area contributed by atoms with Crippen LogP contribution in [-0.2, 0) is 11.3 Å². The van der Waals surface area contributed by atoms with E-state index in [9.17, 15) is 19.7 Å². The number of carbonyl (C=O) groups is 2. The quantitative estimate of drug-likeness (QED) is 0.355. The number of halogens is 1. The van der Waals surface area contributed by atoms with Crippen LogP contribution < -0.4 is 5.32 Å². The molecule has 29 heavy (non-hydrogen) atoms. The molecule has 8 heteroatoms. The molecule has 0 aromatic heterocycles. The van der Waals surface area contributed by atoms with Crippen molar-refractivity contribution in [3.05, 3.63) is 105 Å². The van der Waals surface area contributed by atoms with Gasteiger partial charge in [-0.2, -0.15) is 0 Å². The summed E-state index contributed by atoms with van der Waals surface area (Å²) in [4.78, 5) is 34.8. The van der Waals surface area contributed by atoms with Gasteiger partial charge in [0.05, 0.1) is 4.92 Å². The number of nitro benzene ring substituents is 1. The summed E-state index contributed by atoms with van der Waals surface area (Å²) in [6, 6.07) is 19.2. The highest BCUT2D eigenvalue weighted by Gasteiger charge is 2.22. The third kappa shape index (κ3) is 5.18. The van der Waals surface area contributed by atoms with Crippen LogP contribution in [0.5, 0.6) is 0 Å². The Hall–Kier alpha value is -3.71. The molecule has 0 aliphatic heterocycles. The van der Waals surface area contributed by atoms with Gasteiger partial charge in [0.2, 0.25) is 0 Å². The number of carbonyl (C=O) groups excluding carboxylic acids is 2. The van der Waals surface area contributed by atoms with Gasteiger partial charge in [-0.15, -0.1) is 0 Å². The van der Waals surface area contributed by atoms with Crippen LogP contribution in [0.4, 0.5) is 11.4 Å². The van der Waals surface area contributed by atoms with E-state index in [-0.39, 0.29) is 28.8 Å². The standard InChI is InChI=1S/C21H15ClN2O5/c22-16-10-11-19(24(27)28)18(12-16)21(26)29-13-14-6-8-15(9-7-14)20(25)23-17-4-2-1-3-5-17/h1-12H,13H2,(H,23,25). The van der Waals surface area contributed by atoms with Crippen LogP contribution in [0.1, 0.15) is 26.3 Å². The second-order valence-corrected chi connectivity index (χ2v) is 6.45. The zero-order valence-corrected chi connectivity index (χ0v) is 15.8. The van der Waals surface area contributed by atoms with Gasteiger partial charge in [0.1, 0.15) is 12.2 Å². The number of anilines is 1. The van der Waals surface area contributed by atoms with Crippen LogP contribution in [0.25, 0.3) is 0 Å². The molecule has 0 saturated heterocycles. The van der Waals surface area contributed by atoms with E-state index in [0.29, 0.717) is 16.8 Å². The first-order chi connectivity index (χ1) is 13.9. The molecule has 7 nitrogen and oxygen atoms in total. The van der Waals surface area contributed by atoms with Crippen molar-refractivity contribution in [1.82, 2.24) is 0 Å². The molecule has 0 radical (unpaired) electrons. The smallest absolute Gasteiger partial charge is 0.345 e. The third-order valence-corrected chi connectivity index (χ3v) is 4.23. The highest BCUT2D eigenvalue weighted by molar-refractivity contribution is 6.31. The van der Waals surface area contributed by atoms with Gasteiger partial charge in [0, 0.05) is 22.3 Å². The van der Waals surface area contributed by atoms with E-state index in [1.54, 1.807) is 36.4 Å². The number of hydrogen-bond donors (Lipinski definition) is 1. The Morgan fingerprint density at radius 2 is 1.69 bits per heavy atom. The van der Waals surface area contributed by atoms with Gasteiger partial charge in [-0.3, -0.25) is 14.9 Å². The zero-order valence-electron chi connectivity index (χ0n) is 15.0. The van der Waals surface area contributed by atoms with E-state index >= 15 is 0 Å². The van der Waals surface area contributed by atoms with E-state index in [4.69, 9.17) is 16.3 Å². The van der Waals surface area contributed by atoms with Crippen molar-refractivity contribution in [3.63, 3.8) is 0 Å². The Balaban J connectivity index is 1.63. The first-order valence-corrected chi connectivity index (χ1v) is 8.88. The van der Waals surface area contributed by atoms with E-state index < -0.39 is 10.9 Å². The first-order valence-electron chi connectivity index (χ1n) is 8.50. The van der Waals surface area contributed by atoms with Crippen LogP contribution in [0.2, 0.25) is 5.02 Å². The number of nitrogens with one attached hydrogen (secondary N) is 1. The molecule has 3 aromatic carbocycles. The molecule has 0 fully saturated rings. The Morgan fingerprint density at radius 1 is 1.00 bits per heavy atom. The number of para-hydroxylation sites is 1. The number of nitrogens with zero attached hydrogens (tertiary/aromatic N) is 1. The van der Waals surface area contributed by atoms with Gasteiger partial charge in [0.15, 0.2) is 0 Å². The second-order valence-electron chi connectivity index (χ2n) is 6.01. The maximum Gasteiger partial charge on any atom is 0.345 e. The monoisotopic (exact) mass is 410 g/mol. The normalized spacial score (nSPS) is 10.2. The van der Waals surface area contributed by atoms with Crippen LogP contribution in [-0.4, -0.2) is 16.8 Å². The summed E-state index contributed by atoms with van der Waals surface area (Å²) in [5.74, 6) is -1.13. The molecule has 0 bridgehead atoms. The SMILES string of the molecule is O=C(Nc1ccccc1)c1ccc(COC(=O)c2cc(Cl)ccc2[N+](=O)[O-])cc1. The molecule has 0 heterocycles. The summed E-state index contributed by atoms with van der Waals surface area (Å²) >= 11 is 5.82. The lowest BCUT2D eigenvalue weighted by Crippen LogP contribution is -2.12. The minimum Gasteiger partial charge on any atom is -0.457 e. The average molecular weight is 411 g/mol. The zero-order chi connectivity index (χ0) is 20.8. The number of ether oxygens (including phenoxy) is 1. The molecular weight excluding hydrogens is 396 g/mol. The summed E-state index contributed by atoms with van der Waals surface area (Å²) < 4.78 is 5.15. The fourth-order valence-electron chi connectivity index (χ4n) is 2.53. The van der Waals surface area contributed by atoms with Crippen molar-refractivity contribution < 1.29 is 19.2 Å². The lowest BCUT2D eigenvalue weighted by atomic mass is 10.1. The van der Waals surface area contributed by atoms with Crippen molar-refractivity contribution in [1.29, 1.82) is 0 Å². The van der Waals surface area contributed by atoms with Gasteiger partial charge in [0.25, 0.3) is 11.6 Å². The highest BCUT2D eigenvalue weighted by atomic mass is 35.5. The molecule has 0 aliphatic carbocycles. The van der Waals surface area contributed by atoms with Crippen molar-refractivity contribution in [2.45, 2.75) is 6.61 Å². The number of rotatable bonds is 6. The molecule has 3 aromatic rings. The molecule has 146 valence electrons. The van der Waals surface area contributed by atoms with E-state index in [1.165, 1.54) is 12.1 Å². The van der Waals surface area contributed by atoms with Gasteiger partial charge in [-0.05, 0) is 42.0 Å². The Kier molecular flexibility index (Phi) is 6.21. The summed E-state index contributed by atoms with van der Waals surface area (Å²) in [7, 11) is 0. The third-order valence-electron chi connectivity index (χ3n) is 3.99. The highest BCUT2D eigenvalue weighted by Crippen LogP contribution is 2.24. The topological polar surface area (TPSA) is 98.5 Å². The minimum absolute atomic E-state index is 0.108. The summed E-state index contributed by atoms with van der Waals surface area (Å²) in [6.07, 6.45) is 0. The van der Waals surface area contributed by atoms with E-state index in [1.807, 2.05) is 18.2 Å². The Morgan fingerprint density at radius 3 is 2.34 bits per heavy atom.